The molecule has 1 aromatic carbocycles. The number of benzene rings is 1. The van der Waals surface area contributed by atoms with Crippen LogP contribution in [0.5, 0.6) is 11.5 Å². The van der Waals surface area contributed by atoms with Gasteiger partial charge in [0.2, 0.25) is 0 Å². The van der Waals surface area contributed by atoms with Crippen LogP contribution in [0.4, 0.5) is 0 Å². The van der Waals surface area contributed by atoms with Crippen LogP contribution in [-0.4, -0.2) is 66.3 Å². The minimum atomic E-state index is -0.871. The van der Waals surface area contributed by atoms with E-state index < -0.39 is 12.0 Å². The number of pyridine rings is 1. The van der Waals surface area contributed by atoms with Gasteiger partial charge in [0.25, 0.3) is 0 Å². The zero-order chi connectivity index (χ0) is 19.9. The Bertz CT molecular complexity index is 784. The molecule has 2 heterocycles. The summed E-state index contributed by atoms with van der Waals surface area (Å²) in [7, 11) is 3.13. The van der Waals surface area contributed by atoms with E-state index in [2.05, 4.69) is 16.0 Å². The van der Waals surface area contributed by atoms with Crippen molar-refractivity contribution in [3.8, 4) is 11.5 Å². The van der Waals surface area contributed by atoms with Crippen molar-refractivity contribution < 1.29 is 19.4 Å². The van der Waals surface area contributed by atoms with Crippen molar-refractivity contribution in [3.05, 3.63) is 53.9 Å². The summed E-state index contributed by atoms with van der Waals surface area (Å²) in [5, 5.41) is 9.97. The zero-order valence-corrected chi connectivity index (χ0v) is 16.4. The second-order valence-electron chi connectivity index (χ2n) is 6.88. The summed E-state index contributed by atoms with van der Waals surface area (Å²) in [6.45, 7) is 3.95. The molecule has 1 atom stereocenters. The van der Waals surface area contributed by atoms with Crippen molar-refractivity contribution in [1.29, 1.82) is 0 Å². The molecule has 3 rings (SSSR count). The van der Waals surface area contributed by atoms with Crippen LogP contribution < -0.4 is 9.47 Å². The second-order valence-corrected chi connectivity index (χ2v) is 6.88. The number of ether oxygens (including phenoxy) is 2. The van der Waals surface area contributed by atoms with Gasteiger partial charge in [-0.3, -0.25) is 19.6 Å². The Hall–Kier alpha value is -2.64. The molecule has 0 spiro atoms. The van der Waals surface area contributed by atoms with Gasteiger partial charge in [-0.25, -0.2) is 0 Å². The van der Waals surface area contributed by atoms with Gasteiger partial charge in [0.05, 0.1) is 14.2 Å². The van der Waals surface area contributed by atoms with E-state index >= 15 is 0 Å². The summed E-state index contributed by atoms with van der Waals surface area (Å²) >= 11 is 0. The Morgan fingerprint density at radius 1 is 1.18 bits per heavy atom. The molecule has 0 bridgehead atoms. The molecular formula is C21H27N3O4. The first-order valence-electron chi connectivity index (χ1n) is 9.42. The van der Waals surface area contributed by atoms with Crippen LogP contribution in [0.15, 0.2) is 42.7 Å². The Balaban J connectivity index is 1.75. The maximum Gasteiger partial charge on any atom is 0.325 e. The van der Waals surface area contributed by atoms with E-state index in [1.54, 1.807) is 38.6 Å². The van der Waals surface area contributed by atoms with E-state index in [1.807, 2.05) is 17.2 Å². The normalized spacial score (nSPS) is 16.9. The lowest BCUT2D eigenvalue weighted by Crippen LogP contribution is -2.37. The van der Waals surface area contributed by atoms with E-state index in [0.29, 0.717) is 23.6 Å². The van der Waals surface area contributed by atoms with Crippen LogP contribution in [-0.2, 0) is 11.3 Å². The Morgan fingerprint density at radius 3 is 2.71 bits per heavy atom. The Kier molecular flexibility index (Phi) is 6.84. The molecule has 1 fully saturated rings. The molecule has 1 aromatic heterocycles. The maximum absolute atomic E-state index is 12.2. The lowest BCUT2D eigenvalue weighted by atomic mass is 10.0. The standard InChI is InChI=1S/C21H27N3O4/c1-27-17-6-7-18(19(13-17)28-2)20(21(25)26)24-10-4-9-23(11-12-24)15-16-5-3-8-22-14-16/h3,5-8,13-14,20H,4,9-12,15H2,1-2H3,(H,25,26)/t20-/m1/s1. The number of hydrogen-bond acceptors (Lipinski definition) is 6. The van der Waals surface area contributed by atoms with Gasteiger partial charge < -0.3 is 14.6 Å². The van der Waals surface area contributed by atoms with Crippen LogP contribution in [0, 0.1) is 0 Å². The van der Waals surface area contributed by atoms with Crippen LogP contribution in [0.1, 0.15) is 23.6 Å². The van der Waals surface area contributed by atoms with Crippen molar-refractivity contribution in [3.63, 3.8) is 0 Å². The van der Waals surface area contributed by atoms with Crippen LogP contribution in [0.3, 0.4) is 0 Å². The Morgan fingerprint density at radius 2 is 2.04 bits per heavy atom. The molecule has 1 aliphatic rings. The minimum Gasteiger partial charge on any atom is -0.497 e. The number of carboxylic acid groups (broad SMARTS) is 1. The van der Waals surface area contributed by atoms with Gasteiger partial charge in [0.1, 0.15) is 17.5 Å². The SMILES string of the molecule is COc1ccc([C@H](C(=O)O)N2CCCN(Cc3cccnc3)CC2)c(OC)c1. The third-order valence-electron chi connectivity index (χ3n) is 5.09. The fourth-order valence-corrected chi connectivity index (χ4v) is 3.69. The van der Waals surface area contributed by atoms with Gasteiger partial charge in [-0.2, -0.15) is 0 Å². The van der Waals surface area contributed by atoms with Crippen LogP contribution in [0.25, 0.3) is 0 Å². The van der Waals surface area contributed by atoms with E-state index in [1.165, 1.54) is 5.56 Å². The highest BCUT2D eigenvalue weighted by molar-refractivity contribution is 5.77. The molecule has 28 heavy (non-hydrogen) atoms. The lowest BCUT2D eigenvalue weighted by molar-refractivity contribution is -0.143. The molecule has 7 nitrogen and oxygen atoms in total. The van der Waals surface area contributed by atoms with E-state index in [0.717, 1.165) is 32.6 Å². The number of carbonyl (C=O) groups is 1. The summed E-state index contributed by atoms with van der Waals surface area (Å²) in [6.07, 6.45) is 4.56. The summed E-state index contributed by atoms with van der Waals surface area (Å²) in [5.74, 6) is 0.302. The van der Waals surface area contributed by atoms with Crippen molar-refractivity contribution in [1.82, 2.24) is 14.8 Å². The van der Waals surface area contributed by atoms with E-state index in [-0.39, 0.29) is 0 Å². The van der Waals surface area contributed by atoms with Crippen LogP contribution in [0.2, 0.25) is 0 Å². The number of aromatic nitrogens is 1. The van der Waals surface area contributed by atoms with Gasteiger partial charge >= 0.3 is 5.97 Å². The van der Waals surface area contributed by atoms with Gasteiger partial charge in [0.15, 0.2) is 0 Å². The molecule has 0 saturated carbocycles. The van der Waals surface area contributed by atoms with Crippen molar-refractivity contribution in [2.45, 2.75) is 19.0 Å². The topological polar surface area (TPSA) is 75.1 Å². The predicted octanol–water partition coefficient (Wildman–Crippen LogP) is 2.43. The molecule has 1 saturated heterocycles. The molecule has 0 unspecified atom stereocenters. The fourth-order valence-electron chi connectivity index (χ4n) is 3.69. The fraction of sp³-hybridized carbons (Fsp3) is 0.429. The lowest BCUT2D eigenvalue weighted by Gasteiger charge is -2.29. The first kappa shape index (κ1) is 20.1. The molecule has 0 radical (unpaired) electrons. The first-order valence-corrected chi connectivity index (χ1v) is 9.42. The van der Waals surface area contributed by atoms with Crippen LogP contribution >= 0.6 is 0 Å². The quantitative estimate of drug-likeness (QED) is 0.784. The number of carboxylic acids is 1. The highest BCUT2D eigenvalue weighted by Crippen LogP contribution is 2.33. The van der Waals surface area contributed by atoms with E-state index in [4.69, 9.17) is 9.47 Å². The van der Waals surface area contributed by atoms with Gasteiger partial charge in [0, 0.05) is 50.2 Å². The summed E-state index contributed by atoms with van der Waals surface area (Å²) in [5.41, 5.74) is 1.82. The number of methoxy groups -OCH3 is 2. The van der Waals surface area contributed by atoms with Gasteiger partial charge in [-0.15, -0.1) is 0 Å². The highest BCUT2D eigenvalue weighted by atomic mass is 16.5. The third-order valence-corrected chi connectivity index (χ3v) is 5.09. The smallest absolute Gasteiger partial charge is 0.325 e. The van der Waals surface area contributed by atoms with Gasteiger partial charge in [-0.1, -0.05) is 6.07 Å². The average Bonchev–Trinajstić information content (AvgIpc) is 2.94. The number of aliphatic carboxylic acids is 1. The Labute approximate surface area is 165 Å². The molecule has 0 amide bonds. The molecule has 1 N–H and O–H groups in total. The molecular weight excluding hydrogens is 358 g/mol. The number of hydrogen-bond donors (Lipinski definition) is 1. The first-order chi connectivity index (χ1) is 13.6. The zero-order valence-electron chi connectivity index (χ0n) is 16.4. The highest BCUT2D eigenvalue weighted by Gasteiger charge is 2.31. The van der Waals surface area contributed by atoms with Crippen molar-refractivity contribution in [2.24, 2.45) is 0 Å². The molecule has 1 aliphatic heterocycles. The average molecular weight is 385 g/mol. The van der Waals surface area contributed by atoms with Gasteiger partial charge in [-0.05, 0) is 36.7 Å². The maximum atomic E-state index is 12.2. The third kappa shape index (κ3) is 4.79. The molecule has 7 heteroatoms. The number of rotatable bonds is 7. The predicted molar refractivity (Wildman–Crippen MR) is 106 cm³/mol. The second kappa shape index (κ2) is 9.52. The van der Waals surface area contributed by atoms with E-state index in [9.17, 15) is 9.90 Å². The largest absolute Gasteiger partial charge is 0.497 e. The van der Waals surface area contributed by atoms with Crippen molar-refractivity contribution in [2.75, 3.05) is 40.4 Å². The minimum absolute atomic E-state index is 0.531. The van der Waals surface area contributed by atoms with Crippen molar-refractivity contribution >= 4 is 5.97 Å². The monoisotopic (exact) mass is 385 g/mol. The number of nitrogens with zero attached hydrogens (tertiary/aromatic N) is 3. The molecule has 0 aliphatic carbocycles. The molecule has 2 aromatic rings. The summed E-state index contributed by atoms with van der Waals surface area (Å²) in [6, 6.07) is 8.56. The molecule has 150 valence electrons. The summed E-state index contributed by atoms with van der Waals surface area (Å²) < 4.78 is 10.7. The summed E-state index contributed by atoms with van der Waals surface area (Å²) in [4.78, 5) is 20.7.